The van der Waals surface area contributed by atoms with Crippen molar-refractivity contribution in [3.05, 3.63) is 87.2 Å². The van der Waals surface area contributed by atoms with Crippen molar-refractivity contribution in [2.24, 2.45) is 0 Å². The van der Waals surface area contributed by atoms with Gasteiger partial charge in [-0.1, -0.05) is 53.0 Å². The molecule has 194 valence electrons. The van der Waals surface area contributed by atoms with Crippen LogP contribution in [0.4, 0.5) is 16.2 Å². The normalized spacial score (nSPS) is 10.5. The van der Waals surface area contributed by atoms with E-state index < -0.39 is 6.03 Å². The SMILES string of the molecule is Cc1nc2c(OCc3c(Cl)ccc(N(C)C(=O)CNC(=O)Nc4ccccc4)c3Cl)cccn2c1Cl.Cl. The Bertz CT molecular complexity index is 1430. The summed E-state index contributed by atoms with van der Waals surface area (Å²) in [4.78, 5) is 30.7. The standard InChI is InChI=1S/C25H22Cl3N5O3.ClH/c1-15-23(28)33-12-6-9-20(24(33)30-15)36-14-17-18(26)10-11-19(22(17)27)32(2)21(34)13-29-25(35)31-16-7-4-3-5-8-16;/h3-12H,13-14H2,1-2H3,(H2,29,31,35);1H. The lowest BCUT2D eigenvalue weighted by Crippen LogP contribution is -2.40. The monoisotopic (exact) mass is 581 g/mol. The van der Waals surface area contributed by atoms with E-state index in [2.05, 4.69) is 15.6 Å². The number of ether oxygens (including phenoxy) is 1. The second kappa shape index (κ2) is 12.4. The van der Waals surface area contributed by atoms with Crippen LogP contribution in [-0.4, -0.2) is 34.9 Å². The number of carbonyl (C=O) groups is 2. The van der Waals surface area contributed by atoms with Crippen molar-refractivity contribution in [3.63, 3.8) is 0 Å². The maximum atomic E-state index is 12.7. The van der Waals surface area contributed by atoms with Gasteiger partial charge in [0.2, 0.25) is 5.91 Å². The van der Waals surface area contributed by atoms with E-state index in [-0.39, 0.29) is 36.5 Å². The van der Waals surface area contributed by atoms with E-state index in [0.29, 0.717) is 44.2 Å². The summed E-state index contributed by atoms with van der Waals surface area (Å²) >= 11 is 19.3. The summed E-state index contributed by atoms with van der Waals surface area (Å²) in [7, 11) is 1.56. The van der Waals surface area contributed by atoms with Crippen molar-refractivity contribution in [2.45, 2.75) is 13.5 Å². The van der Waals surface area contributed by atoms with Gasteiger partial charge in [-0.3, -0.25) is 9.20 Å². The Kier molecular flexibility index (Phi) is 9.50. The molecule has 0 saturated carbocycles. The number of pyridine rings is 1. The number of hydrogen-bond donors (Lipinski definition) is 2. The third kappa shape index (κ3) is 6.40. The first-order valence-electron chi connectivity index (χ1n) is 10.9. The van der Waals surface area contributed by atoms with Crippen LogP contribution in [0.2, 0.25) is 15.2 Å². The van der Waals surface area contributed by atoms with Gasteiger partial charge in [0.25, 0.3) is 0 Å². The Balaban J connectivity index is 0.00000380. The summed E-state index contributed by atoms with van der Waals surface area (Å²) in [5.41, 5.74) is 2.78. The van der Waals surface area contributed by atoms with Gasteiger partial charge in [0.05, 0.1) is 22.9 Å². The van der Waals surface area contributed by atoms with Gasteiger partial charge < -0.3 is 20.3 Å². The summed E-state index contributed by atoms with van der Waals surface area (Å²) in [5.74, 6) is 0.129. The lowest BCUT2D eigenvalue weighted by Gasteiger charge is -2.21. The van der Waals surface area contributed by atoms with E-state index in [4.69, 9.17) is 39.5 Å². The number of para-hydroxylation sites is 1. The molecule has 0 atom stereocenters. The van der Waals surface area contributed by atoms with E-state index in [1.54, 1.807) is 66.2 Å². The molecule has 0 saturated heterocycles. The molecule has 0 bridgehead atoms. The molecule has 12 heteroatoms. The number of likely N-dealkylation sites (N-methyl/N-ethyl adjacent to an activating group) is 1. The van der Waals surface area contributed by atoms with Crippen molar-refractivity contribution in [3.8, 4) is 5.75 Å². The van der Waals surface area contributed by atoms with E-state index in [1.165, 1.54) is 4.90 Å². The van der Waals surface area contributed by atoms with Crippen molar-refractivity contribution >= 4 is 76.2 Å². The molecule has 0 aliphatic rings. The molecule has 0 unspecified atom stereocenters. The van der Waals surface area contributed by atoms with Gasteiger partial charge >= 0.3 is 6.03 Å². The topological polar surface area (TPSA) is 88.0 Å². The number of fused-ring (bicyclic) bond motifs is 1. The number of carbonyl (C=O) groups excluding carboxylic acids is 2. The number of rotatable bonds is 7. The molecule has 3 amide bonds. The number of amides is 3. The number of urea groups is 1. The van der Waals surface area contributed by atoms with Crippen LogP contribution < -0.4 is 20.3 Å². The van der Waals surface area contributed by atoms with Gasteiger partial charge in [0, 0.05) is 29.5 Å². The first-order chi connectivity index (χ1) is 17.3. The number of benzene rings is 2. The molecule has 0 radical (unpaired) electrons. The second-order valence-electron chi connectivity index (χ2n) is 7.83. The van der Waals surface area contributed by atoms with Gasteiger partial charge in [-0.15, -0.1) is 12.4 Å². The van der Waals surface area contributed by atoms with Crippen LogP contribution in [0, 0.1) is 6.92 Å². The zero-order chi connectivity index (χ0) is 25.8. The zero-order valence-corrected chi connectivity index (χ0v) is 22.9. The smallest absolute Gasteiger partial charge is 0.319 e. The molecular weight excluding hydrogens is 560 g/mol. The third-order valence-corrected chi connectivity index (χ3v) is 6.65. The van der Waals surface area contributed by atoms with Crippen LogP contribution in [0.5, 0.6) is 5.75 Å². The molecule has 0 aliphatic carbocycles. The minimum absolute atomic E-state index is 0. The van der Waals surface area contributed by atoms with Crippen molar-refractivity contribution in [2.75, 3.05) is 23.8 Å². The van der Waals surface area contributed by atoms with Crippen LogP contribution in [0.25, 0.3) is 5.65 Å². The number of aryl methyl sites for hydroxylation is 1. The number of halogens is 4. The van der Waals surface area contributed by atoms with Gasteiger partial charge in [0.1, 0.15) is 11.8 Å². The van der Waals surface area contributed by atoms with Crippen LogP contribution in [0.3, 0.4) is 0 Å². The van der Waals surface area contributed by atoms with Crippen LogP contribution in [0.15, 0.2) is 60.8 Å². The average molecular weight is 583 g/mol. The summed E-state index contributed by atoms with van der Waals surface area (Å²) in [6.45, 7) is 1.61. The number of imidazole rings is 1. The Labute approximate surface area is 234 Å². The third-order valence-electron chi connectivity index (χ3n) is 5.42. The number of aromatic nitrogens is 2. The maximum Gasteiger partial charge on any atom is 0.319 e. The first-order valence-corrected chi connectivity index (χ1v) is 12.0. The molecular formula is C25H23Cl4N5O3. The van der Waals surface area contributed by atoms with Crippen molar-refractivity contribution < 1.29 is 14.3 Å². The molecule has 2 N–H and O–H groups in total. The summed E-state index contributed by atoms with van der Waals surface area (Å²) in [5, 5.41) is 6.34. The van der Waals surface area contributed by atoms with Gasteiger partial charge in [-0.25, -0.2) is 9.78 Å². The molecule has 37 heavy (non-hydrogen) atoms. The molecule has 2 heterocycles. The quantitative estimate of drug-likeness (QED) is 0.264. The van der Waals surface area contributed by atoms with E-state index >= 15 is 0 Å². The number of nitrogens with one attached hydrogen (secondary N) is 2. The van der Waals surface area contributed by atoms with Crippen LogP contribution >= 0.6 is 47.2 Å². The highest BCUT2D eigenvalue weighted by molar-refractivity contribution is 6.38. The van der Waals surface area contributed by atoms with Gasteiger partial charge in [0.15, 0.2) is 11.4 Å². The Morgan fingerprint density at radius 2 is 1.78 bits per heavy atom. The lowest BCUT2D eigenvalue weighted by atomic mass is 10.2. The predicted molar refractivity (Wildman–Crippen MR) is 150 cm³/mol. The van der Waals surface area contributed by atoms with Crippen molar-refractivity contribution in [1.82, 2.24) is 14.7 Å². The predicted octanol–water partition coefficient (Wildman–Crippen LogP) is 6.39. The number of anilines is 2. The highest BCUT2D eigenvalue weighted by Gasteiger charge is 2.20. The maximum absolute atomic E-state index is 12.7. The molecule has 0 aliphatic heterocycles. The first kappa shape index (κ1) is 28.4. The lowest BCUT2D eigenvalue weighted by molar-refractivity contribution is -0.117. The molecule has 2 aromatic heterocycles. The molecule has 2 aromatic carbocycles. The van der Waals surface area contributed by atoms with E-state index in [1.807, 2.05) is 13.0 Å². The highest BCUT2D eigenvalue weighted by atomic mass is 35.5. The minimum Gasteiger partial charge on any atom is -0.485 e. The fourth-order valence-corrected chi connectivity index (χ4v) is 4.26. The van der Waals surface area contributed by atoms with Crippen LogP contribution in [-0.2, 0) is 11.4 Å². The van der Waals surface area contributed by atoms with Crippen molar-refractivity contribution in [1.29, 1.82) is 0 Å². The Morgan fingerprint density at radius 3 is 2.51 bits per heavy atom. The molecule has 4 aromatic rings. The second-order valence-corrected chi connectivity index (χ2v) is 8.97. The highest BCUT2D eigenvalue weighted by Crippen LogP contribution is 2.35. The fourth-order valence-electron chi connectivity index (χ4n) is 3.47. The summed E-state index contributed by atoms with van der Waals surface area (Å²) < 4.78 is 7.71. The Hall–Kier alpha value is -3.17. The van der Waals surface area contributed by atoms with E-state index in [9.17, 15) is 9.59 Å². The number of nitrogens with zero attached hydrogens (tertiary/aromatic N) is 3. The average Bonchev–Trinajstić information content (AvgIpc) is 3.16. The zero-order valence-electron chi connectivity index (χ0n) is 19.8. The molecule has 0 spiro atoms. The van der Waals surface area contributed by atoms with E-state index in [0.717, 1.165) is 0 Å². The largest absolute Gasteiger partial charge is 0.485 e. The van der Waals surface area contributed by atoms with Crippen LogP contribution in [0.1, 0.15) is 11.3 Å². The molecule has 0 fully saturated rings. The molecule has 8 nitrogen and oxygen atoms in total. The fraction of sp³-hybridized carbons (Fsp3) is 0.160. The molecule has 4 rings (SSSR count). The summed E-state index contributed by atoms with van der Waals surface area (Å²) in [6.07, 6.45) is 1.79. The summed E-state index contributed by atoms with van der Waals surface area (Å²) in [6, 6.07) is 15.3. The minimum atomic E-state index is -0.497. The van der Waals surface area contributed by atoms with Gasteiger partial charge in [-0.05, 0) is 43.3 Å². The Morgan fingerprint density at radius 1 is 1.05 bits per heavy atom. The van der Waals surface area contributed by atoms with Gasteiger partial charge in [-0.2, -0.15) is 0 Å². The number of hydrogen-bond acceptors (Lipinski definition) is 4.